The maximum absolute atomic E-state index is 13.9. The van der Waals surface area contributed by atoms with E-state index in [-0.39, 0.29) is 17.8 Å². The second-order valence-corrected chi connectivity index (χ2v) is 7.71. The van der Waals surface area contributed by atoms with Crippen LogP contribution in [0.4, 0.5) is 4.39 Å². The fourth-order valence-electron chi connectivity index (χ4n) is 3.61. The molecular weight excluding hydrogens is 375 g/mol. The number of hydrogen-bond donors (Lipinski definition) is 2. The fourth-order valence-corrected chi connectivity index (χ4v) is 3.61. The van der Waals surface area contributed by atoms with Crippen molar-refractivity contribution in [2.75, 3.05) is 7.05 Å². The van der Waals surface area contributed by atoms with E-state index in [9.17, 15) is 9.18 Å². The van der Waals surface area contributed by atoms with Gasteiger partial charge in [-0.1, -0.05) is 72.3 Å². The summed E-state index contributed by atoms with van der Waals surface area (Å²) in [4.78, 5) is 12.7. The van der Waals surface area contributed by atoms with Crippen LogP contribution in [0.25, 0.3) is 0 Å². The van der Waals surface area contributed by atoms with Crippen molar-refractivity contribution < 1.29 is 9.18 Å². The first-order chi connectivity index (χ1) is 14.5. The molecular formula is C26H29FN2O. The Hall–Kier alpha value is -2.98. The van der Waals surface area contributed by atoms with E-state index in [4.69, 9.17) is 0 Å². The summed E-state index contributed by atoms with van der Waals surface area (Å²) in [6.07, 6.45) is 1.64. The lowest BCUT2D eigenvalue weighted by molar-refractivity contribution is -0.123. The monoisotopic (exact) mass is 404 g/mol. The third kappa shape index (κ3) is 5.55. The molecule has 0 radical (unpaired) electrons. The molecule has 0 saturated carbocycles. The molecule has 30 heavy (non-hydrogen) atoms. The van der Waals surface area contributed by atoms with E-state index in [2.05, 4.69) is 41.8 Å². The molecule has 2 N–H and O–H groups in total. The number of benzene rings is 3. The number of hydrogen-bond acceptors (Lipinski definition) is 2. The molecule has 3 aromatic rings. The Labute approximate surface area is 178 Å². The van der Waals surface area contributed by atoms with Gasteiger partial charge in [0, 0.05) is 13.1 Å². The predicted octanol–water partition coefficient (Wildman–Crippen LogP) is 5.19. The van der Waals surface area contributed by atoms with Crippen LogP contribution in [-0.4, -0.2) is 13.0 Å². The molecule has 3 nitrogen and oxygen atoms in total. The normalized spacial score (nSPS) is 12.9. The fraction of sp³-hybridized carbons (Fsp3) is 0.269. The summed E-state index contributed by atoms with van der Waals surface area (Å²) in [7, 11) is 1.64. The number of carbonyl (C=O) groups excluding carboxylic acids is 1. The molecule has 156 valence electrons. The Morgan fingerprint density at radius 2 is 1.63 bits per heavy atom. The number of amides is 1. The molecule has 3 rings (SSSR count). The van der Waals surface area contributed by atoms with E-state index < -0.39 is 6.04 Å². The zero-order valence-corrected chi connectivity index (χ0v) is 17.8. The Kier molecular flexibility index (Phi) is 7.36. The molecule has 4 heteroatoms. The third-order valence-electron chi connectivity index (χ3n) is 5.44. The summed E-state index contributed by atoms with van der Waals surface area (Å²) in [5.74, 6) is -0.317. The van der Waals surface area contributed by atoms with Gasteiger partial charge < -0.3 is 5.32 Å². The number of carbonyl (C=O) groups is 1. The molecule has 0 aliphatic carbocycles. The van der Waals surface area contributed by atoms with Crippen LogP contribution in [0.15, 0.2) is 72.8 Å². The van der Waals surface area contributed by atoms with Gasteiger partial charge in [-0.2, -0.15) is 0 Å². The van der Waals surface area contributed by atoms with Crippen LogP contribution in [0.5, 0.6) is 0 Å². The third-order valence-corrected chi connectivity index (χ3v) is 5.44. The molecule has 2 unspecified atom stereocenters. The smallest absolute Gasteiger partial charge is 0.241 e. The summed E-state index contributed by atoms with van der Waals surface area (Å²) in [5.41, 5.74) is 4.95. The van der Waals surface area contributed by atoms with Gasteiger partial charge in [0.1, 0.15) is 11.9 Å². The van der Waals surface area contributed by atoms with Gasteiger partial charge in [0.25, 0.3) is 0 Å². The Morgan fingerprint density at radius 1 is 0.933 bits per heavy atom. The Bertz CT molecular complexity index is 970. The number of halogens is 1. The lowest BCUT2D eigenvalue weighted by Crippen LogP contribution is -2.38. The standard InChI is InChI=1S/C26H29FN2O/c1-18-9-11-20(12-10-18)13-16-24(22-14-15-23(27)19(2)17-22)29-25(26(30)28-3)21-7-5-4-6-8-21/h4-12,14-15,17,24-25,29H,13,16H2,1-3H3,(H,28,30). The molecule has 0 spiro atoms. The maximum Gasteiger partial charge on any atom is 0.241 e. The first-order valence-electron chi connectivity index (χ1n) is 10.3. The minimum Gasteiger partial charge on any atom is -0.358 e. The second-order valence-electron chi connectivity index (χ2n) is 7.71. The van der Waals surface area contributed by atoms with E-state index >= 15 is 0 Å². The average Bonchev–Trinajstić information content (AvgIpc) is 2.77. The van der Waals surface area contributed by atoms with Crippen LogP contribution in [0.3, 0.4) is 0 Å². The Morgan fingerprint density at radius 3 is 2.27 bits per heavy atom. The van der Waals surface area contributed by atoms with Gasteiger partial charge in [0.15, 0.2) is 0 Å². The summed E-state index contributed by atoms with van der Waals surface area (Å²) in [5, 5.41) is 6.29. The van der Waals surface area contributed by atoms with Crippen LogP contribution in [0.2, 0.25) is 0 Å². The molecule has 0 aliphatic rings. The number of likely N-dealkylation sites (N-methyl/N-ethyl adjacent to an activating group) is 1. The average molecular weight is 405 g/mol. The summed E-state index contributed by atoms with van der Waals surface area (Å²) < 4.78 is 13.9. The number of nitrogens with one attached hydrogen (secondary N) is 2. The number of aryl methyl sites for hydroxylation is 3. The van der Waals surface area contributed by atoms with Crippen molar-refractivity contribution in [3.63, 3.8) is 0 Å². The summed E-state index contributed by atoms with van der Waals surface area (Å²) in [6.45, 7) is 3.84. The summed E-state index contributed by atoms with van der Waals surface area (Å²) >= 11 is 0. The highest BCUT2D eigenvalue weighted by Gasteiger charge is 2.24. The van der Waals surface area contributed by atoms with Crippen molar-refractivity contribution in [1.82, 2.24) is 10.6 Å². The van der Waals surface area contributed by atoms with Gasteiger partial charge in [0.2, 0.25) is 5.91 Å². The van der Waals surface area contributed by atoms with Crippen molar-refractivity contribution in [2.45, 2.75) is 38.8 Å². The van der Waals surface area contributed by atoms with Gasteiger partial charge in [-0.25, -0.2) is 4.39 Å². The SMILES string of the molecule is CNC(=O)C(NC(CCc1ccc(C)cc1)c1ccc(F)c(C)c1)c1ccccc1. The van der Waals surface area contributed by atoms with Crippen molar-refractivity contribution in [2.24, 2.45) is 0 Å². The zero-order valence-electron chi connectivity index (χ0n) is 17.8. The van der Waals surface area contributed by atoms with E-state index in [1.807, 2.05) is 36.4 Å². The van der Waals surface area contributed by atoms with Crippen molar-refractivity contribution in [3.05, 3.63) is 106 Å². The van der Waals surface area contributed by atoms with Gasteiger partial charge in [0.05, 0.1) is 0 Å². The van der Waals surface area contributed by atoms with E-state index in [1.165, 1.54) is 17.2 Å². The second kappa shape index (κ2) is 10.2. The van der Waals surface area contributed by atoms with Crippen LogP contribution in [-0.2, 0) is 11.2 Å². The van der Waals surface area contributed by atoms with Crippen LogP contribution in [0, 0.1) is 19.7 Å². The minimum absolute atomic E-state index is 0.0969. The molecule has 1 amide bonds. The van der Waals surface area contributed by atoms with Crippen molar-refractivity contribution in [3.8, 4) is 0 Å². The highest BCUT2D eigenvalue weighted by Crippen LogP contribution is 2.26. The molecule has 0 aliphatic heterocycles. The van der Waals surface area contributed by atoms with Gasteiger partial charge in [-0.05, 0) is 55.0 Å². The molecule has 2 atom stereocenters. The predicted molar refractivity (Wildman–Crippen MR) is 120 cm³/mol. The molecule has 0 aromatic heterocycles. The Balaban J connectivity index is 1.89. The minimum atomic E-state index is -0.496. The van der Waals surface area contributed by atoms with Crippen LogP contribution in [0.1, 0.15) is 46.3 Å². The lowest BCUT2D eigenvalue weighted by Gasteiger charge is -2.26. The van der Waals surface area contributed by atoms with Crippen molar-refractivity contribution >= 4 is 5.91 Å². The number of rotatable bonds is 8. The van der Waals surface area contributed by atoms with Gasteiger partial charge in [-0.3, -0.25) is 10.1 Å². The first-order valence-corrected chi connectivity index (χ1v) is 10.3. The summed E-state index contributed by atoms with van der Waals surface area (Å²) in [6, 6.07) is 22.7. The molecule has 0 fully saturated rings. The first kappa shape index (κ1) is 21.7. The lowest BCUT2D eigenvalue weighted by atomic mass is 9.95. The molecule has 3 aromatic carbocycles. The van der Waals surface area contributed by atoms with E-state index in [0.29, 0.717) is 5.56 Å². The quantitative estimate of drug-likeness (QED) is 0.542. The highest BCUT2D eigenvalue weighted by molar-refractivity contribution is 5.83. The maximum atomic E-state index is 13.9. The molecule has 0 saturated heterocycles. The highest BCUT2D eigenvalue weighted by atomic mass is 19.1. The largest absolute Gasteiger partial charge is 0.358 e. The van der Waals surface area contributed by atoms with E-state index in [1.54, 1.807) is 20.0 Å². The van der Waals surface area contributed by atoms with Gasteiger partial charge >= 0.3 is 0 Å². The van der Waals surface area contributed by atoms with E-state index in [0.717, 1.165) is 24.0 Å². The van der Waals surface area contributed by atoms with Gasteiger partial charge in [-0.15, -0.1) is 0 Å². The molecule has 0 bridgehead atoms. The zero-order chi connectivity index (χ0) is 21.5. The molecule has 0 heterocycles. The topological polar surface area (TPSA) is 41.1 Å². The van der Waals surface area contributed by atoms with Crippen LogP contribution >= 0.6 is 0 Å². The van der Waals surface area contributed by atoms with Crippen molar-refractivity contribution in [1.29, 1.82) is 0 Å². The van der Waals surface area contributed by atoms with Crippen LogP contribution < -0.4 is 10.6 Å².